The fourth-order valence-corrected chi connectivity index (χ4v) is 2.76. The van der Waals surface area contributed by atoms with Crippen LogP contribution in [0.4, 0.5) is 8.78 Å². The topological polar surface area (TPSA) is 59.2 Å². The van der Waals surface area contributed by atoms with E-state index in [-0.39, 0.29) is 0 Å². The lowest BCUT2D eigenvalue weighted by Crippen LogP contribution is -2.25. The smallest absolute Gasteiger partial charge is 0.344 e. The molecule has 0 aliphatic heterocycles. The molecule has 1 heterocycles. The molecule has 6 heteroatoms. The summed E-state index contributed by atoms with van der Waals surface area (Å²) in [6.07, 6.45) is -1.19. The molecule has 1 atom stereocenters. The van der Waals surface area contributed by atoms with Gasteiger partial charge in [-0.15, -0.1) is 0 Å². The molecule has 1 aromatic heterocycles. The molecular weight excluding hydrogens is 328 g/mol. The van der Waals surface area contributed by atoms with Crippen molar-refractivity contribution >= 4 is 22.7 Å². The first-order chi connectivity index (χ1) is 11.9. The first-order valence-electron chi connectivity index (χ1n) is 7.66. The summed E-state index contributed by atoms with van der Waals surface area (Å²) < 4.78 is 32.3. The first kappa shape index (κ1) is 16.8. The average molecular weight is 343 g/mol. The van der Waals surface area contributed by atoms with Crippen molar-refractivity contribution < 1.29 is 23.1 Å². The molecule has 25 heavy (non-hydrogen) atoms. The second-order valence-electron chi connectivity index (χ2n) is 5.68. The number of benzene rings is 2. The molecule has 1 unspecified atom stereocenters. The van der Waals surface area contributed by atoms with E-state index >= 15 is 0 Å². The molecule has 3 rings (SSSR count). The molecule has 2 aromatic carbocycles. The lowest BCUT2D eigenvalue weighted by Gasteiger charge is -2.13. The van der Waals surface area contributed by atoms with Crippen LogP contribution in [0, 0.1) is 18.6 Å². The Hall–Kier alpha value is -3.02. The summed E-state index contributed by atoms with van der Waals surface area (Å²) in [5, 5.41) is 0.699. The van der Waals surface area contributed by atoms with Crippen LogP contribution in [0.2, 0.25) is 0 Å². The summed E-state index contributed by atoms with van der Waals surface area (Å²) in [4.78, 5) is 27.8. The number of hydrogen-bond acceptors (Lipinski definition) is 3. The van der Waals surface area contributed by atoms with Crippen LogP contribution in [0.5, 0.6) is 0 Å². The molecule has 0 aliphatic rings. The fraction of sp³-hybridized carbons (Fsp3) is 0.158. The molecule has 0 aliphatic carbocycles. The minimum absolute atomic E-state index is 0.393. The number of Topliss-reactive ketones (excluding diaryl/α,β-unsaturated/α-hetero) is 1. The van der Waals surface area contributed by atoms with E-state index in [4.69, 9.17) is 4.74 Å². The third kappa shape index (κ3) is 3.03. The zero-order chi connectivity index (χ0) is 18.1. The summed E-state index contributed by atoms with van der Waals surface area (Å²) in [5.41, 5.74) is 0.996. The second-order valence-corrected chi connectivity index (χ2v) is 5.68. The normalized spacial score (nSPS) is 12.2. The van der Waals surface area contributed by atoms with E-state index in [2.05, 4.69) is 4.98 Å². The summed E-state index contributed by atoms with van der Waals surface area (Å²) in [6, 6.07) is 10.3. The minimum atomic E-state index is -1.21. The Balaban J connectivity index is 1.88. The van der Waals surface area contributed by atoms with Crippen LogP contribution in [0.3, 0.4) is 0 Å². The number of para-hydroxylation sites is 1. The molecule has 128 valence electrons. The third-order valence-electron chi connectivity index (χ3n) is 3.96. The van der Waals surface area contributed by atoms with Crippen molar-refractivity contribution in [2.45, 2.75) is 20.0 Å². The lowest BCUT2D eigenvalue weighted by molar-refractivity contribution is 0.0310. The molecule has 0 amide bonds. The van der Waals surface area contributed by atoms with Gasteiger partial charge in [0.1, 0.15) is 17.2 Å². The maximum absolute atomic E-state index is 13.7. The van der Waals surface area contributed by atoms with E-state index in [0.717, 1.165) is 23.7 Å². The standard InChI is InChI=1S/C19H15F2NO3/c1-10-16(12-6-3-4-9-15(12)22-10)18(23)11(2)25-19(24)17-13(20)7-5-8-14(17)21/h3-9,11,22H,1-2H3. The van der Waals surface area contributed by atoms with Crippen LogP contribution in [0.15, 0.2) is 42.5 Å². The van der Waals surface area contributed by atoms with Crippen molar-refractivity contribution in [3.05, 3.63) is 70.9 Å². The van der Waals surface area contributed by atoms with E-state index in [9.17, 15) is 18.4 Å². The highest BCUT2D eigenvalue weighted by molar-refractivity contribution is 6.11. The Kier molecular flexibility index (Phi) is 4.35. The Morgan fingerprint density at radius 1 is 1.00 bits per heavy atom. The van der Waals surface area contributed by atoms with Gasteiger partial charge in [-0.25, -0.2) is 13.6 Å². The number of hydrogen-bond donors (Lipinski definition) is 1. The number of fused-ring (bicyclic) bond motifs is 1. The number of aromatic nitrogens is 1. The Bertz CT molecular complexity index is 958. The van der Waals surface area contributed by atoms with Crippen LogP contribution in [0.25, 0.3) is 10.9 Å². The lowest BCUT2D eigenvalue weighted by atomic mass is 10.0. The summed E-state index contributed by atoms with van der Waals surface area (Å²) in [7, 11) is 0. The van der Waals surface area contributed by atoms with Crippen molar-refractivity contribution in [1.82, 2.24) is 4.98 Å². The second kappa shape index (κ2) is 6.47. The van der Waals surface area contributed by atoms with Crippen molar-refractivity contribution in [1.29, 1.82) is 0 Å². The molecule has 1 N–H and O–H groups in total. The van der Waals surface area contributed by atoms with Crippen molar-refractivity contribution in [2.24, 2.45) is 0 Å². The minimum Gasteiger partial charge on any atom is -0.451 e. The monoisotopic (exact) mass is 343 g/mol. The number of aromatic amines is 1. The maximum atomic E-state index is 13.7. The molecule has 0 saturated heterocycles. The van der Waals surface area contributed by atoms with Crippen LogP contribution >= 0.6 is 0 Å². The van der Waals surface area contributed by atoms with Gasteiger partial charge in [0.25, 0.3) is 0 Å². The molecule has 0 spiro atoms. The molecule has 0 radical (unpaired) electrons. The van der Waals surface area contributed by atoms with Crippen LogP contribution in [0.1, 0.15) is 33.3 Å². The van der Waals surface area contributed by atoms with Gasteiger partial charge in [0.15, 0.2) is 6.10 Å². The van der Waals surface area contributed by atoms with Crippen molar-refractivity contribution in [2.75, 3.05) is 0 Å². The van der Waals surface area contributed by atoms with Crippen molar-refractivity contribution in [3.63, 3.8) is 0 Å². The zero-order valence-electron chi connectivity index (χ0n) is 13.6. The number of carbonyl (C=O) groups excluding carboxylic acids is 2. The number of rotatable bonds is 4. The number of nitrogens with one attached hydrogen (secondary N) is 1. The van der Waals surface area contributed by atoms with E-state index < -0.39 is 35.1 Å². The number of ketones is 1. The van der Waals surface area contributed by atoms with E-state index in [1.54, 1.807) is 19.1 Å². The SMILES string of the molecule is Cc1[nH]c2ccccc2c1C(=O)C(C)OC(=O)c1c(F)cccc1F. The number of aryl methyl sites for hydroxylation is 1. The average Bonchev–Trinajstić information content (AvgIpc) is 2.89. The van der Waals surface area contributed by atoms with Gasteiger partial charge in [0.2, 0.25) is 5.78 Å². The van der Waals surface area contributed by atoms with Crippen molar-refractivity contribution in [3.8, 4) is 0 Å². The van der Waals surface area contributed by atoms with Crippen LogP contribution in [-0.4, -0.2) is 22.8 Å². The number of ether oxygens (including phenoxy) is 1. The van der Waals surface area contributed by atoms with Gasteiger partial charge in [-0.05, 0) is 32.0 Å². The van der Waals surface area contributed by atoms with Gasteiger partial charge in [-0.1, -0.05) is 24.3 Å². The Morgan fingerprint density at radius 3 is 2.32 bits per heavy atom. The van der Waals surface area contributed by atoms with Gasteiger partial charge in [0.05, 0.1) is 0 Å². The predicted octanol–water partition coefficient (Wildman–Crippen LogP) is 4.18. The number of halogens is 2. The molecular formula is C19H15F2NO3. The largest absolute Gasteiger partial charge is 0.451 e. The molecule has 3 aromatic rings. The maximum Gasteiger partial charge on any atom is 0.344 e. The summed E-state index contributed by atoms with van der Waals surface area (Å²) in [5.74, 6) is -3.73. The molecule has 0 fully saturated rings. The van der Waals surface area contributed by atoms with Gasteiger partial charge in [-0.3, -0.25) is 4.79 Å². The summed E-state index contributed by atoms with van der Waals surface area (Å²) in [6.45, 7) is 3.11. The Labute approximate surface area is 142 Å². The molecule has 0 saturated carbocycles. The molecule has 0 bridgehead atoms. The van der Waals surface area contributed by atoms with Gasteiger partial charge >= 0.3 is 5.97 Å². The number of carbonyl (C=O) groups is 2. The van der Waals surface area contributed by atoms with Crippen LogP contribution in [-0.2, 0) is 4.74 Å². The molecule has 4 nitrogen and oxygen atoms in total. The highest BCUT2D eigenvalue weighted by Crippen LogP contribution is 2.24. The zero-order valence-corrected chi connectivity index (χ0v) is 13.6. The number of esters is 1. The highest BCUT2D eigenvalue weighted by atomic mass is 19.1. The van der Waals surface area contributed by atoms with Crippen LogP contribution < -0.4 is 0 Å². The van der Waals surface area contributed by atoms with Gasteiger partial charge in [0, 0.05) is 22.2 Å². The van der Waals surface area contributed by atoms with Gasteiger partial charge < -0.3 is 9.72 Å². The first-order valence-corrected chi connectivity index (χ1v) is 7.66. The number of H-pyrrole nitrogens is 1. The predicted molar refractivity (Wildman–Crippen MR) is 88.6 cm³/mol. The quantitative estimate of drug-likeness (QED) is 0.571. The highest BCUT2D eigenvalue weighted by Gasteiger charge is 2.27. The third-order valence-corrected chi connectivity index (χ3v) is 3.96. The fourth-order valence-electron chi connectivity index (χ4n) is 2.76. The van der Waals surface area contributed by atoms with E-state index in [1.165, 1.54) is 6.92 Å². The van der Waals surface area contributed by atoms with Gasteiger partial charge in [-0.2, -0.15) is 0 Å². The van der Waals surface area contributed by atoms with E-state index in [0.29, 0.717) is 16.6 Å². The Morgan fingerprint density at radius 2 is 1.64 bits per heavy atom. The van der Waals surface area contributed by atoms with E-state index in [1.807, 2.05) is 12.1 Å². The summed E-state index contributed by atoms with van der Waals surface area (Å²) >= 11 is 0.